The van der Waals surface area contributed by atoms with E-state index in [2.05, 4.69) is 20.2 Å². The topological polar surface area (TPSA) is 80.5 Å². The number of rotatable bonds is 3. The molecule has 3 N–H and O–H groups in total. The lowest BCUT2D eigenvalue weighted by Crippen LogP contribution is -2.01. The molecule has 0 bridgehead atoms. The Morgan fingerprint density at radius 3 is 2.75 bits per heavy atom. The van der Waals surface area contributed by atoms with E-state index in [9.17, 15) is 0 Å². The van der Waals surface area contributed by atoms with E-state index >= 15 is 0 Å². The molecule has 0 amide bonds. The molecule has 84 valence electrons. The number of aromatic nitrogens is 4. The Bertz CT molecular complexity index is 494. The molecule has 0 aliphatic heterocycles. The number of aryl methyl sites for hydroxylation is 2. The lowest BCUT2D eigenvalue weighted by Gasteiger charge is -2.04. The number of aromatic amines is 1. The molecule has 5 nitrogen and oxygen atoms in total. The summed E-state index contributed by atoms with van der Waals surface area (Å²) >= 11 is 1.43. The number of nitrogens with two attached hydrogens (primary N) is 1. The highest BCUT2D eigenvalue weighted by Crippen LogP contribution is 2.26. The zero-order valence-electron chi connectivity index (χ0n) is 9.19. The van der Waals surface area contributed by atoms with Gasteiger partial charge in [-0.3, -0.25) is 5.10 Å². The summed E-state index contributed by atoms with van der Waals surface area (Å²) < 4.78 is 0. The maximum Gasteiger partial charge on any atom is 0.214 e. The zero-order valence-corrected chi connectivity index (χ0v) is 10.0. The van der Waals surface area contributed by atoms with Crippen LogP contribution in [0.4, 0.5) is 0 Å². The van der Waals surface area contributed by atoms with Gasteiger partial charge in [0.15, 0.2) is 0 Å². The minimum absolute atomic E-state index is 0.471. The smallest absolute Gasteiger partial charge is 0.214 e. The SMILES string of the molecule is Cc1ccc(CN)c(Sc2n[nH]c(C)n2)n1. The molecule has 2 rings (SSSR count). The van der Waals surface area contributed by atoms with Gasteiger partial charge in [-0.05, 0) is 37.2 Å². The molecule has 2 aromatic heterocycles. The van der Waals surface area contributed by atoms with E-state index < -0.39 is 0 Å². The summed E-state index contributed by atoms with van der Waals surface area (Å²) in [6.07, 6.45) is 0. The van der Waals surface area contributed by atoms with Crippen LogP contribution in [-0.4, -0.2) is 20.2 Å². The fourth-order valence-corrected chi connectivity index (χ4v) is 2.18. The number of H-pyrrole nitrogens is 1. The van der Waals surface area contributed by atoms with Crippen molar-refractivity contribution in [2.75, 3.05) is 0 Å². The van der Waals surface area contributed by atoms with E-state index in [0.29, 0.717) is 11.7 Å². The van der Waals surface area contributed by atoms with Crippen molar-refractivity contribution in [3.05, 3.63) is 29.2 Å². The number of nitrogens with one attached hydrogen (secondary N) is 1. The maximum atomic E-state index is 5.66. The molecule has 0 aliphatic carbocycles. The summed E-state index contributed by atoms with van der Waals surface area (Å²) in [5.74, 6) is 0.796. The van der Waals surface area contributed by atoms with Crippen LogP contribution < -0.4 is 5.73 Å². The molecule has 2 heterocycles. The summed E-state index contributed by atoms with van der Waals surface area (Å²) in [5, 5.41) is 8.41. The van der Waals surface area contributed by atoms with Crippen LogP contribution in [0.25, 0.3) is 0 Å². The first kappa shape index (κ1) is 11.1. The third kappa shape index (κ3) is 2.40. The number of nitrogens with zero attached hydrogens (tertiary/aromatic N) is 3. The summed E-state index contributed by atoms with van der Waals surface area (Å²) in [6.45, 7) is 4.29. The Morgan fingerprint density at radius 1 is 1.31 bits per heavy atom. The van der Waals surface area contributed by atoms with Crippen LogP contribution in [0, 0.1) is 13.8 Å². The molecule has 2 aromatic rings. The third-order valence-corrected chi connectivity index (χ3v) is 2.97. The average molecular weight is 235 g/mol. The van der Waals surface area contributed by atoms with Crippen molar-refractivity contribution < 1.29 is 0 Å². The van der Waals surface area contributed by atoms with Gasteiger partial charge in [-0.2, -0.15) is 0 Å². The molecule has 0 aromatic carbocycles. The fourth-order valence-electron chi connectivity index (χ4n) is 1.26. The molecule has 0 saturated heterocycles. The highest BCUT2D eigenvalue weighted by Gasteiger charge is 2.08. The van der Waals surface area contributed by atoms with Gasteiger partial charge in [0.1, 0.15) is 10.9 Å². The van der Waals surface area contributed by atoms with E-state index in [1.807, 2.05) is 26.0 Å². The molecular formula is C10H13N5S. The summed E-state index contributed by atoms with van der Waals surface area (Å²) in [5.41, 5.74) is 7.63. The minimum atomic E-state index is 0.471. The van der Waals surface area contributed by atoms with E-state index in [0.717, 1.165) is 22.1 Å². The quantitative estimate of drug-likeness (QED) is 0.841. The van der Waals surface area contributed by atoms with Crippen LogP contribution in [0.15, 0.2) is 22.3 Å². The first-order chi connectivity index (χ1) is 7.69. The van der Waals surface area contributed by atoms with Crippen LogP contribution >= 0.6 is 11.8 Å². The van der Waals surface area contributed by atoms with E-state index in [-0.39, 0.29) is 0 Å². The molecule has 0 atom stereocenters. The molecule has 0 radical (unpaired) electrons. The van der Waals surface area contributed by atoms with Crippen molar-refractivity contribution >= 4 is 11.8 Å². The molecule has 0 saturated carbocycles. The first-order valence-electron chi connectivity index (χ1n) is 4.92. The predicted octanol–water partition coefficient (Wildman–Crippen LogP) is 1.43. The van der Waals surface area contributed by atoms with Crippen LogP contribution in [0.5, 0.6) is 0 Å². The second-order valence-corrected chi connectivity index (χ2v) is 4.38. The monoisotopic (exact) mass is 235 g/mol. The molecular weight excluding hydrogens is 222 g/mol. The number of pyridine rings is 1. The van der Waals surface area contributed by atoms with E-state index in [1.165, 1.54) is 11.8 Å². The van der Waals surface area contributed by atoms with Crippen molar-refractivity contribution in [1.82, 2.24) is 20.2 Å². The Hall–Kier alpha value is -1.40. The van der Waals surface area contributed by atoms with Gasteiger partial charge in [-0.25, -0.2) is 9.97 Å². The van der Waals surface area contributed by atoms with Gasteiger partial charge in [-0.1, -0.05) is 6.07 Å². The van der Waals surface area contributed by atoms with Gasteiger partial charge in [-0.15, -0.1) is 5.10 Å². The molecule has 0 fully saturated rings. The van der Waals surface area contributed by atoms with Crippen molar-refractivity contribution in [1.29, 1.82) is 0 Å². The Morgan fingerprint density at radius 2 is 2.12 bits per heavy atom. The predicted molar refractivity (Wildman–Crippen MR) is 62.1 cm³/mol. The second-order valence-electron chi connectivity index (χ2n) is 3.43. The van der Waals surface area contributed by atoms with Crippen molar-refractivity contribution in [2.24, 2.45) is 5.73 Å². The van der Waals surface area contributed by atoms with Crippen LogP contribution in [-0.2, 0) is 6.54 Å². The molecule has 0 aliphatic rings. The van der Waals surface area contributed by atoms with E-state index in [4.69, 9.17) is 5.73 Å². The molecule has 16 heavy (non-hydrogen) atoms. The molecule has 0 spiro atoms. The third-order valence-electron chi connectivity index (χ3n) is 2.06. The largest absolute Gasteiger partial charge is 0.326 e. The van der Waals surface area contributed by atoms with Crippen molar-refractivity contribution in [2.45, 2.75) is 30.6 Å². The lowest BCUT2D eigenvalue weighted by atomic mass is 10.2. The zero-order chi connectivity index (χ0) is 11.5. The lowest BCUT2D eigenvalue weighted by molar-refractivity contribution is 0.924. The molecule has 0 unspecified atom stereocenters. The van der Waals surface area contributed by atoms with Crippen molar-refractivity contribution in [3.8, 4) is 0 Å². The van der Waals surface area contributed by atoms with Gasteiger partial charge < -0.3 is 5.73 Å². The van der Waals surface area contributed by atoms with Gasteiger partial charge in [0.25, 0.3) is 0 Å². The fraction of sp³-hybridized carbons (Fsp3) is 0.300. The van der Waals surface area contributed by atoms with Gasteiger partial charge in [0, 0.05) is 12.2 Å². The van der Waals surface area contributed by atoms with Crippen LogP contribution in [0.1, 0.15) is 17.1 Å². The highest BCUT2D eigenvalue weighted by molar-refractivity contribution is 7.99. The summed E-state index contributed by atoms with van der Waals surface area (Å²) in [6, 6.07) is 3.94. The Balaban J connectivity index is 2.29. The summed E-state index contributed by atoms with van der Waals surface area (Å²) in [7, 11) is 0. The highest BCUT2D eigenvalue weighted by atomic mass is 32.2. The van der Waals surface area contributed by atoms with Gasteiger partial charge in [0.2, 0.25) is 5.16 Å². The molecule has 6 heteroatoms. The number of hydrogen-bond acceptors (Lipinski definition) is 5. The summed E-state index contributed by atoms with van der Waals surface area (Å²) in [4.78, 5) is 8.66. The minimum Gasteiger partial charge on any atom is -0.326 e. The van der Waals surface area contributed by atoms with Crippen LogP contribution in [0.3, 0.4) is 0 Å². The van der Waals surface area contributed by atoms with Gasteiger partial charge in [0.05, 0.1) is 0 Å². The number of hydrogen-bond donors (Lipinski definition) is 2. The van der Waals surface area contributed by atoms with E-state index in [1.54, 1.807) is 0 Å². The first-order valence-corrected chi connectivity index (χ1v) is 5.74. The van der Waals surface area contributed by atoms with Gasteiger partial charge >= 0.3 is 0 Å². The average Bonchev–Trinajstić information content (AvgIpc) is 2.64. The Kier molecular flexibility index (Phi) is 3.21. The maximum absolute atomic E-state index is 5.66. The standard InChI is InChI=1S/C10H13N5S/c1-6-3-4-8(5-11)9(12-6)16-10-13-7(2)14-15-10/h3-4H,5,11H2,1-2H3,(H,13,14,15). The Labute approximate surface area is 97.9 Å². The van der Waals surface area contributed by atoms with Crippen molar-refractivity contribution in [3.63, 3.8) is 0 Å². The normalized spacial score (nSPS) is 10.7. The van der Waals surface area contributed by atoms with Crippen LogP contribution in [0.2, 0.25) is 0 Å². The second kappa shape index (κ2) is 4.63.